The second-order valence-corrected chi connectivity index (χ2v) is 5.98. The highest BCUT2D eigenvalue weighted by molar-refractivity contribution is 5.85. The van der Waals surface area contributed by atoms with E-state index in [4.69, 9.17) is 4.74 Å². The first-order valence-corrected chi connectivity index (χ1v) is 8.16. The van der Waals surface area contributed by atoms with Crippen molar-refractivity contribution in [1.29, 1.82) is 0 Å². The second-order valence-electron chi connectivity index (χ2n) is 5.98. The van der Waals surface area contributed by atoms with Gasteiger partial charge >= 0.3 is 0 Å². The molecule has 0 saturated heterocycles. The minimum atomic E-state index is 0.197. The van der Waals surface area contributed by atoms with Gasteiger partial charge < -0.3 is 20.1 Å². The van der Waals surface area contributed by atoms with E-state index in [0.29, 0.717) is 12.4 Å². The Hall–Kier alpha value is -2.46. The molecule has 3 aromatic rings. The van der Waals surface area contributed by atoms with Crippen LogP contribution in [0.2, 0.25) is 0 Å². The van der Waals surface area contributed by atoms with Gasteiger partial charge in [0.25, 0.3) is 0 Å². The molecule has 4 N–H and O–H groups in total. The van der Waals surface area contributed by atoms with Crippen LogP contribution in [-0.2, 0) is 6.42 Å². The summed E-state index contributed by atoms with van der Waals surface area (Å²) in [5, 5.41) is 13.6. The lowest BCUT2D eigenvalue weighted by Gasteiger charge is -2.22. The lowest BCUT2D eigenvalue weighted by Crippen LogP contribution is -2.87. The van der Waals surface area contributed by atoms with Crippen LogP contribution >= 0.6 is 0 Å². The molecule has 0 fully saturated rings. The van der Waals surface area contributed by atoms with Gasteiger partial charge in [-0.3, -0.25) is 0 Å². The second kappa shape index (κ2) is 5.63. The largest absolute Gasteiger partial charge is 0.504 e. The number of hydrogen-bond acceptors (Lipinski definition) is 2. The molecule has 23 heavy (non-hydrogen) atoms. The van der Waals surface area contributed by atoms with Crippen molar-refractivity contribution in [2.75, 3.05) is 13.2 Å². The van der Waals surface area contributed by atoms with E-state index in [-0.39, 0.29) is 11.8 Å². The molecule has 0 bridgehead atoms. The van der Waals surface area contributed by atoms with Gasteiger partial charge in [-0.15, -0.1) is 0 Å². The molecular weight excluding hydrogens is 288 g/mol. The van der Waals surface area contributed by atoms with Crippen molar-refractivity contribution in [1.82, 2.24) is 4.98 Å². The number of rotatable bonds is 3. The number of para-hydroxylation sites is 1. The maximum Gasteiger partial charge on any atom is 0.161 e. The number of aromatic nitrogens is 1. The average Bonchev–Trinajstić information content (AvgIpc) is 2.96. The summed E-state index contributed by atoms with van der Waals surface area (Å²) in [5.41, 5.74) is 5.03. The van der Waals surface area contributed by atoms with E-state index in [1.807, 2.05) is 19.1 Å². The summed E-state index contributed by atoms with van der Waals surface area (Å²) < 4.78 is 5.54. The molecule has 0 radical (unpaired) electrons. The third-order valence-electron chi connectivity index (χ3n) is 4.60. The molecular formula is C19H21N2O2+. The van der Waals surface area contributed by atoms with Gasteiger partial charge in [-0.1, -0.05) is 18.2 Å². The molecule has 1 aromatic heterocycles. The van der Waals surface area contributed by atoms with Gasteiger partial charge in [-0.25, -0.2) is 0 Å². The monoisotopic (exact) mass is 309 g/mol. The normalized spacial score (nSPS) is 17.2. The summed E-state index contributed by atoms with van der Waals surface area (Å²) in [6.45, 7) is 3.53. The van der Waals surface area contributed by atoms with Crippen LogP contribution < -0.4 is 10.1 Å². The highest BCUT2D eigenvalue weighted by atomic mass is 16.5. The Morgan fingerprint density at radius 2 is 2.13 bits per heavy atom. The van der Waals surface area contributed by atoms with E-state index in [1.165, 1.54) is 22.2 Å². The molecule has 0 spiro atoms. The highest BCUT2D eigenvalue weighted by Crippen LogP contribution is 2.34. The first-order valence-electron chi connectivity index (χ1n) is 8.16. The number of nitrogens with one attached hydrogen (secondary N) is 1. The zero-order chi connectivity index (χ0) is 15.8. The van der Waals surface area contributed by atoms with Crippen LogP contribution in [0.4, 0.5) is 0 Å². The Balaban J connectivity index is 1.81. The number of aromatic amines is 1. The number of hydrogen-bond donors (Lipinski definition) is 3. The third kappa shape index (κ3) is 2.35. The molecule has 2 aromatic carbocycles. The zero-order valence-electron chi connectivity index (χ0n) is 13.2. The number of nitrogens with two attached hydrogens (primary N) is 1. The van der Waals surface area contributed by atoms with Gasteiger partial charge in [0.05, 0.1) is 18.8 Å². The number of benzene rings is 2. The van der Waals surface area contributed by atoms with Crippen molar-refractivity contribution in [2.45, 2.75) is 19.4 Å². The topological polar surface area (TPSA) is 61.9 Å². The van der Waals surface area contributed by atoms with Gasteiger partial charge in [0.2, 0.25) is 0 Å². The molecule has 1 aliphatic rings. The summed E-state index contributed by atoms with van der Waals surface area (Å²) in [4.78, 5) is 3.60. The average molecular weight is 309 g/mol. The Bertz CT molecular complexity index is 854. The lowest BCUT2D eigenvalue weighted by molar-refractivity contribution is -0.690. The van der Waals surface area contributed by atoms with Gasteiger partial charge in [0.15, 0.2) is 17.5 Å². The number of fused-ring (bicyclic) bond motifs is 3. The summed E-state index contributed by atoms with van der Waals surface area (Å²) in [5.74, 6) is 0.755. The van der Waals surface area contributed by atoms with Crippen LogP contribution in [0, 0.1) is 0 Å². The van der Waals surface area contributed by atoms with Crippen LogP contribution in [0.1, 0.15) is 29.8 Å². The molecule has 4 nitrogen and oxygen atoms in total. The van der Waals surface area contributed by atoms with Crippen molar-refractivity contribution < 1.29 is 15.2 Å². The molecule has 4 rings (SSSR count). The van der Waals surface area contributed by atoms with Gasteiger partial charge in [0, 0.05) is 22.9 Å². The van der Waals surface area contributed by atoms with Crippen LogP contribution in [0.5, 0.6) is 11.5 Å². The Kier molecular flexibility index (Phi) is 3.46. The number of phenolic OH excluding ortho intramolecular Hbond substituents is 1. The van der Waals surface area contributed by atoms with E-state index in [1.54, 1.807) is 6.07 Å². The fourth-order valence-electron chi connectivity index (χ4n) is 3.57. The number of H-pyrrole nitrogens is 1. The molecule has 0 unspecified atom stereocenters. The summed E-state index contributed by atoms with van der Waals surface area (Å²) in [6, 6.07) is 14.4. The number of phenols is 1. The molecule has 1 atom stereocenters. The van der Waals surface area contributed by atoms with Gasteiger partial charge in [-0.05, 0) is 36.8 Å². The molecule has 0 saturated carbocycles. The van der Waals surface area contributed by atoms with E-state index in [9.17, 15) is 5.11 Å². The number of aromatic hydroxyl groups is 1. The number of quaternary nitrogens is 1. The summed E-state index contributed by atoms with van der Waals surface area (Å²) in [7, 11) is 0. The van der Waals surface area contributed by atoms with Crippen LogP contribution in [0.3, 0.4) is 0 Å². The molecule has 118 valence electrons. The zero-order valence-corrected chi connectivity index (χ0v) is 13.2. The molecule has 4 heteroatoms. The first-order chi connectivity index (χ1) is 11.3. The maximum absolute atomic E-state index is 9.93. The van der Waals surface area contributed by atoms with Gasteiger partial charge in [-0.2, -0.15) is 0 Å². The van der Waals surface area contributed by atoms with Gasteiger partial charge in [0.1, 0.15) is 0 Å². The summed E-state index contributed by atoms with van der Waals surface area (Å²) in [6.07, 6.45) is 1.08. The standard InChI is InChI=1S/C19H20N2O2/c1-2-23-17-11-12(7-8-16(17)22)18-19-14(9-10-20-18)13-5-3-4-6-15(13)21-19/h3-8,11,18,20-22H,2,9-10H2,1H3/p+1/t18-/m0/s1. The predicted molar refractivity (Wildman–Crippen MR) is 89.9 cm³/mol. The smallest absolute Gasteiger partial charge is 0.161 e. The van der Waals surface area contributed by atoms with Crippen molar-refractivity contribution in [3.63, 3.8) is 0 Å². The Labute approximate surface area is 135 Å². The molecule has 0 aliphatic carbocycles. The fourth-order valence-corrected chi connectivity index (χ4v) is 3.57. The molecule has 1 aliphatic heterocycles. The Morgan fingerprint density at radius 1 is 1.26 bits per heavy atom. The highest BCUT2D eigenvalue weighted by Gasteiger charge is 2.29. The van der Waals surface area contributed by atoms with Crippen molar-refractivity contribution in [3.05, 3.63) is 59.3 Å². The lowest BCUT2D eigenvalue weighted by atomic mass is 9.94. The minimum absolute atomic E-state index is 0.197. The quantitative estimate of drug-likeness (QED) is 0.696. The first kappa shape index (κ1) is 14.2. The predicted octanol–water partition coefficient (Wildman–Crippen LogP) is 2.48. The Morgan fingerprint density at radius 3 is 3.00 bits per heavy atom. The summed E-state index contributed by atoms with van der Waals surface area (Å²) >= 11 is 0. The van der Waals surface area contributed by atoms with E-state index >= 15 is 0 Å². The van der Waals surface area contributed by atoms with Crippen molar-refractivity contribution in [3.8, 4) is 11.5 Å². The minimum Gasteiger partial charge on any atom is -0.504 e. The fraction of sp³-hybridized carbons (Fsp3) is 0.263. The van der Waals surface area contributed by atoms with Crippen molar-refractivity contribution in [2.24, 2.45) is 0 Å². The van der Waals surface area contributed by atoms with E-state index in [0.717, 1.165) is 18.5 Å². The molecule has 0 amide bonds. The van der Waals surface area contributed by atoms with E-state index in [2.05, 4.69) is 34.6 Å². The van der Waals surface area contributed by atoms with Crippen molar-refractivity contribution >= 4 is 10.9 Å². The SMILES string of the molecule is CCOc1cc([C@@H]2[NH2+]CCc3c2[nH]c2ccccc32)ccc1O. The third-order valence-corrected chi connectivity index (χ3v) is 4.60. The van der Waals surface area contributed by atoms with Crippen LogP contribution in [0.15, 0.2) is 42.5 Å². The number of ether oxygens (including phenoxy) is 1. The van der Waals surface area contributed by atoms with Crippen LogP contribution in [-0.4, -0.2) is 23.2 Å². The molecule has 2 heterocycles. The van der Waals surface area contributed by atoms with E-state index < -0.39 is 0 Å². The maximum atomic E-state index is 9.93. The van der Waals surface area contributed by atoms with Crippen LogP contribution in [0.25, 0.3) is 10.9 Å².